The highest BCUT2D eigenvalue weighted by Crippen LogP contribution is 2.41. The van der Waals surface area contributed by atoms with Gasteiger partial charge in [-0.3, -0.25) is 4.79 Å². The molecule has 0 aromatic carbocycles. The predicted molar refractivity (Wildman–Crippen MR) is 62.8 cm³/mol. The molecule has 2 aliphatic heterocycles. The fourth-order valence-electron chi connectivity index (χ4n) is 1.43. The minimum Gasteiger partial charge on any atom is -0.462 e. The van der Waals surface area contributed by atoms with Crippen molar-refractivity contribution in [3.8, 4) is 0 Å². The van der Waals surface area contributed by atoms with Crippen LogP contribution < -0.4 is 0 Å². The molecule has 0 saturated carbocycles. The Kier molecular flexibility index (Phi) is 3.71. The van der Waals surface area contributed by atoms with Gasteiger partial charge in [0, 0.05) is 0 Å². The maximum absolute atomic E-state index is 10.7. The first-order valence-electron chi connectivity index (χ1n) is 4.81. The molecule has 0 amide bonds. The number of ether oxygens (including phenoxy) is 3. The van der Waals surface area contributed by atoms with Crippen molar-refractivity contribution in [2.75, 3.05) is 0 Å². The lowest BCUT2D eigenvalue weighted by atomic mass is 10.3. The van der Waals surface area contributed by atoms with Gasteiger partial charge in [0.15, 0.2) is 5.78 Å². The zero-order valence-electron chi connectivity index (χ0n) is 8.73. The van der Waals surface area contributed by atoms with Crippen molar-refractivity contribution in [1.82, 2.24) is 0 Å². The summed E-state index contributed by atoms with van der Waals surface area (Å²) in [5, 5.41) is 0. The molecule has 0 aromatic rings. The number of rotatable bonds is 2. The molecule has 17 heavy (non-hydrogen) atoms. The molecule has 7 heteroatoms. The first-order chi connectivity index (χ1) is 7.86. The Balaban J connectivity index is 1.99. The lowest BCUT2D eigenvalue weighted by Gasteiger charge is -2.18. The highest BCUT2D eigenvalue weighted by atomic mass is 35.6. The summed E-state index contributed by atoms with van der Waals surface area (Å²) in [6, 6.07) is 0. The van der Waals surface area contributed by atoms with Crippen LogP contribution in [-0.4, -0.2) is 28.3 Å². The van der Waals surface area contributed by atoms with Crippen molar-refractivity contribution in [1.29, 1.82) is 0 Å². The van der Waals surface area contributed by atoms with E-state index >= 15 is 0 Å². The van der Waals surface area contributed by atoms with Crippen molar-refractivity contribution in [3.63, 3.8) is 0 Å². The summed E-state index contributed by atoms with van der Waals surface area (Å²) in [5.74, 6) is 0.422. The van der Waals surface area contributed by atoms with E-state index in [-0.39, 0.29) is 5.78 Å². The molecule has 0 radical (unpaired) electrons. The second-order valence-electron chi connectivity index (χ2n) is 3.61. The molecule has 2 rings (SSSR count). The van der Waals surface area contributed by atoms with Gasteiger partial charge >= 0.3 is 0 Å². The zero-order valence-corrected chi connectivity index (χ0v) is 11.0. The molecule has 0 aliphatic carbocycles. The summed E-state index contributed by atoms with van der Waals surface area (Å²) in [6.45, 7) is 1.44. The number of fused-ring (bicyclic) bond motifs is 1. The van der Waals surface area contributed by atoms with Crippen LogP contribution in [0.15, 0.2) is 24.0 Å². The Bertz CT molecular complexity index is 386. The summed E-state index contributed by atoms with van der Waals surface area (Å²) in [5.41, 5.74) is 0. The monoisotopic (exact) mass is 298 g/mol. The van der Waals surface area contributed by atoms with E-state index < -0.39 is 22.5 Å². The van der Waals surface area contributed by atoms with Gasteiger partial charge in [0.2, 0.25) is 16.4 Å². The highest BCUT2D eigenvalue weighted by molar-refractivity contribution is 6.67. The largest absolute Gasteiger partial charge is 0.462 e. The molecule has 3 atom stereocenters. The maximum atomic E-state index is 10.7. The third kappa shape index (κ3) is 3.14. The molecule has 0 unspecified atom stereocenters. The van der Waals surface area contributed by atoms with Crippen molar-refractivity contribution in [2.24, 2.45) is 0 Å². The van der Waals surface area contributed by atoms with Gasteiger partial charge in [-0.25, -0.2) is 0 Å². The van der Waals surface area contributed by atoms with Gasteiger partial charge in [0.1, 0.15) is 11.9 Å². The van der Waals surface area contributed by atoms with Gasteiger partial charge in [-0.15, -0.1) is 0 Å². The van der Waals surface area contributed by atoms with E-state index in [4.69, 9.17) is 49.0 Å². The second-order valence-corrected chi connectivity index (χ2v) is 5.98. The van der Waals surface area contributed by atoms with Crippen molar-refractivity contribution < 1.29 is 19.0 Å². The van der Waals surface area contributed by atoms with E-state index in [0.29, 0.717) is 5.76 Å². The van der Waals surface area contributed by atoms with Crippen LogP contribution in [0.25, 0.3) is 0 Å². The number of ketones is 1. The minimum absolute atomic E-state index is 0.0763. The van der Waals surface area contributed by atoms with Crippen LogP contribution in [0.1, 0.15) is 6.92 Å². The molecule has 2 aliphatic rings. The Labute approximate surface area is 113 Å². The first-order valence-corrected chi connectivity index (χ1v) is 5.94. The summed E-state index contributed by atoms with van der Waals surface area (Å²) < 4.78 is 14.3. The number of halogens is 3. The van der Waals surface area contributed by atoms with Crippen LogP contribution in [-0.2, 0) is 19.0 Å². The van der Waals surface area contributed by atoms with Gasteiger partial charge in [-0.05, 0) is 25.2 Å². The fourth-order valence-corrected chi connectivity index (χ4v) is 1.74. The first kappa shape index (κ1) is 13.2. The number of hydrogen-bond donors (Lipinski definition) is 0. The topological polar surface area (TPSA) is 44.8 Å². The molecular weight excluding hydrogens is 290 g/mol. The van der Waals surface area contributed by atoms with Crippen LogP contribution in [0, 0.1) is 0 Å². The SMILES string of the molecule is CC(=O)/C=C/C1=C[C@H]2O[C@H](C(Cl)(Cl)Cl)O[C@H]2O1. The quantitative estimate of drug-likeness (QED) is 0.580. The zero-order chi connectivity index (χ0) is 12.6. The Morgan fingerprint density at radius 2 is 2.12 bits per heavy atom. The average Bonchev–Trinajstić information content (AvgIpc) is 2.69. The van der Waals surface area contributed by atoms with Crippen LogP contribution in [0.5, 0.6) is 0 Å². The third-order valence-corrected chi connectivity index (χ3v) is 2.67. The van der Waals surface area contributed by atoms with Crippen molar-refractivity contribution in [2.45, 2.75) is 29.4 Å². The molecule has 0 spiro atoms. The number of carbonyl (C=O) groups excluding carboxylic acids is 1. The number of allylic oxidation sites excluding steroid dienone is 2. The smallest absolute Gasteiger partial charge is 0.241 e. The van der Waals surface area contributed by atoms with Gasteiger partial charge in [-0.2, -0.15) is 0 Å². The normalized spacial score (nSPS) is 32.5. The maximum Gasteiger partial charge on any atom is 0.241 e. The molecule has 1 fully saturated rings. The van der Waals surface area contributed by atoms with Crippen LogP contribution in [0.4, 0.5) is 0 Å². The predicted octanol–water partition coefficient (Wildman–Crippen LogP) is 2.48. The van der Waals surface area contributed by atoms with E-state index in [1.165, 1.54) is 19.1 Å². The summed E-state index contributed by atoms with van der Waals surface area (Å²) in [4.78, 5) is 10.7. The van der Waals surface area contributed by atoms with Crippen molar-refractivity contribution in [3.05, 3.63) is 24.0 Å². The van der Waals surface area contributed by atoms with E-state index in [1.54, 1.807) is 6.08 Å². The van der Waals surface area contributed by atoms with Crippen LogP contribution >= 0.6 is 34.8 Å². The summed E-state index contributed by atoms with van der Waals surface area (Å²) >= 11 is 16.9. The number of hydrogen-bond acceptors (Lipinski definition) is 4. The summed E-state index contributed by atoms with van der Waals surface area (Å²) in [6.07, 6.45) is 2.57. The van der Waals surface area contributed by atoms with Gasteiger partial charge < -0.3 is 14.2 Å². The Morgan fingerprint density at radius 1 is 1.41 bits per heavy atom. The lowest BCUT2D eigenvalue weighted by molar-refractivity contribution is -0.119. The highest BCUT2D eigenvalue weighted by Gasteiger charge is 2.49. The van der Waals surface area contributed by atoms with Crippen LogP contribution in [0.3, 0.4) is 0 Å². The van der Waals surface area contributed by atoms with Gasteiger partial charge in [0.25, 0.3) is 0 Å². The number of alkyl halides is 3. The van der Waals surface area contributed by atoms with E-state index in [0.717, 1.165) is 0 Å². The van der Waals surface area contributed by atoms with Gasteiger partial charge in [-0.1, -0.05) is 34.8 Å². The molecular formula is C10H9Cl3O4. The standard InChI is InChI=1S/C10H9Cl3O4/c1-5(14)2-3-6-4-7-8(15-6)17-9(16-7)10(11,12)13/h2-4,7-9H,1H3/b3-2+/t7-,8-,9+/m1/s1. The molecule has 0 aromatic heterocycles. The lowest BCUT2D eigenvalue weighted by Crippen LogP contribution is -2.27. The third-order valence-electron chi connectivity index (χ3n) is 2.14. The second kappa shape index (κ2) is 4.78. The summed E-state index contributed by atoms with van der Waals surface area (Å²) in [7, 11) is 0. The van der Waals surface area contributed by atoms with E-state index in [1.807, 2.05) is 0 Å². The molecule has 0 N–H and O–H groups in total. The van der Waals surface area contributed by atoms with Crippen LogP contribution in [0.2, 0.25) is 0 Å². The van der Waals surface area contributed by atoms with E-state index in [2.05, 4.69) is 0 Å². The molecule has 0 bridgehead atoms. The Hall–Kier alpha value is -0.260. The molecule has 1 saturated heterocycles. The molecule has 4 nitrogen and oxygen atoms in total. The number of carbonyl (C=O) groups is 1. The van der Waals surface area contributed by atoms with Gasteiger partial charge in [0.05, 0.1) is 0 Å². The molecule has 2 heterocycles. The Morgan fingerprint density at radius 3 is 2.65 bits per heavy atom. The van der Waals surface area contributed by atoms with E-state index in [9.17, 15) is 4.79 Å². The molecule has 94 valence electrons. The van der Waals surface area contributed by atoms with Crippen molar-refractivity contribution >= 4 is 40.6 Å². The fraction of sp³-hybridized carbons (Fsp3) is 0.500. The minimum atomic E-state index is -1.66. The average molecular weight is 300 g/mol.